The molecule has 108 valence electrons. The van der Waals surface area contributed by atoms with Crippen LogP contribution in [0.15, 0.2) is 18.2 Å². The molecule has 2 fully saturated rings. The van der Waals surface area contributed by atoms with Gasteiger partial charge in [-0.15, -0.1) is 0 Å². The predicted octanol–water partition coefficient (Wildman–Crippen LogP) is 2.29. The van der Waals surface area contributed by atoms with E-state index in [1.807, 2.05) is 11.0 Å². The largest absolute Gasteiger partial charge is 0.490 e. The van der Waals surface area contributed by atoms with Crippen LogP contribution in [0, 0.1) is 6.92 Å². The molecule has 0 bridgehead atoms. The van der Waals surface area contributed by atoms with Gasteiger partial charge in [-0.2, -0.15) is 0 Å². The van der Waals surface area contributed by atoms with E-state index in [0.29, 0.717) is 19.6 Å². The molecule has 0 aliphatic carbocycles. The van der Waals surface area contributed by atoms with Gasteiger partial charge in [0.2, 0.25) is 5.91 Å². The smallest absolute Gasteiger partial charge is 0.222 e. The minimum absolute atomic E-state index is 0.250. The third kappa shape index (κ3) is 3.31. The molecule has 2 aliphatic heterocycles. The molecule has 2 saturated heterocycles. The van der Waals surface area contributed by atoms with Crippen LogP contribution in [0.4, 0.5) is 0 Å². The second kappa shape index (κ2) is 5.83. The van der Waals surface area contributed by atoms with Crippen molar-refractivity contribution in [2.24, 2.45) is 0 Å². The van der Waals surface area contributed by atoms with E-state index in [2.05, 4.69) is 19.1 Å². The van der Waals surface area contributed by atoms with E-state index < -0.39 is 0 Å². The molecule has 1 amide bonds. The first-order valence-electron chi connectivity index (χ1n) is 7.34. The minimum atomic E-state index is 0.250. The van der Waals surface area contributed by atoms with Gasteiger partial charge in [-0.25, -0.2) is 0 Å². The second-order valence-electron chi connectivity index (χ2n) is 5.65. The van der Waals surface area contributed by atoms with Crippen LogP contribution in [-0.2, 0) is 16.1 Å². The van der Waals surface area contributed by atoms with Crippen molar-refractivity contribution >= 4 is 5.91 Å². The third-order valence-corrected chi connectivity index (χ3v) is 3.83. The summed E-state index contributed by atoms with van der Waals surface area (Å²) < 4.78 is 11.0. The minimum Gasteiger partial charge on any atom is -0.490 e. The predicted molar refractivity (Wildman–Crippen MR) is 75.7 cm³/mol. The van der Waals surface area contributed by atoms with Crippen LogP contribution in [-0.4, -0.2) is 36.7 Å². The lowest BCUT2D eigenvalue weighted by Gasteiger charge is -2.27. The van der Waals surface area contributed by atoms with Crippen LogP contribution in [0.3, 0.4) is 0 Å². The summed E-state index contributed by atoms with van der Waals surface area (Å²) >= 11 is 0. The molecule has 0 N–H and O–H groups in total. The van der Waals surface area contributed by atoms with Gasteiger partial charge in [0.1, 0.15) is 18.5 Å². The molecule has 4 heteroatoms. The Morgan fingerprint density at radius 1 is 1.40 bits per heavy atom. The summed E-state index contributed by atoms with van der Waals surface area (Å²) in [6.45, 7) is 4.96. The average Bonchev–Trinajstić information content (AvgIpc) is 3.25. The molecule has 3 rings (SSSR count). The highest BCUT2D eigenvalue weighted by Crippen LogP contribution is 2.25. The fraction of sp³-hybridized carbons (Fsp3) is 0.562. The first-order chi connectivity index (χ1) is 9.72. The Bertz CT molecular complexity index is 496. The van der Waals surface area contributed by atoms with Gasteiger partial charge in [-0.3, -0.25) is 4.79 Å². The van der Waals surface area contributed by atoms with Gasteiger partial charge in [0, 0.05) is 25.1 Å². The van der Waals surface area contributed by atoms with Gasteiger partial charge in [-0.1, -0.05) is 12.1 Å². The molecule has 1 aromatic carbocycles. The first kappa shape index (κ1) is 13.4. The van der Waals surface area contributed by atoms with Crippen LogP contribution in [0.2, 0.25) is 0 Å². The van der Waals surface area contributed by atoms with E-state index in [-0.39, 0.29) is 12.0 Å². The number of aryl methyl sites for hydroxylation is 1. The van der Waals surface area contributed by atoms with Gasteiger partial charge in [0.15, 0.2) is 0 Å². The number of carbonyl (C=O) groups excluding carboxylic acids is 1. The van der Waals surface area contributed by atoms with Crippen molar-refractivity contribution in [2.45, 2.75) is 38.8 Å². The molecular formula is C16H21NO3. The first-order valence-corrected chi connectivity index (χ1v) is 7.34. The maximum Gasteiger partial charge on any atom is 0.222 e. The molecule has 0 saturated carbocycles. The second-order valence-corrected chi connectivity index (χ2v) is 5.65. The average molecular weight is 275 g/mol. The molecule has 1 atom stereocenters. The molecule has 20 heavy (non-hydrogen) atoms. The summed E-state index contributed by atoms with van der Waals surface area (Å²) in [5.41, 5.74) is 2.26. The maximum atomic E-state index is 11.9. The highest BCUT2D eigenvalue weighted by atomic mass is 16.6. The number of hydrogen-bond acceptors (Lipinski definition) is 3. The summed E-state index contributed by atoms with van der Waals surface area (Å²) in [5.74, 6) is 1.15. The normalized spacial score (nSPS) is 21.9. The summed E-state index contributed by atoms with van der Waals surface area (Å²) in [4.78, 5) is 13.9. The Kier molecular flexibility index (Phi) is 3.92. The van der Waals surface area contributed by atoms with Gasteiger partial charge < -0.3 is 14.4 Å². The lowest BCUT2D eigenvalue weighted by atomic mass is 10.1. The van der Waals surface area contributed by atoms with Crippen molar-refractivity contribution in [3.05, 3.63) is 29.3 Å². The van der Waals surface area contributed by atoms with Crippen LogP contribution in [0.25, 0.3) is 0 Å². The number of likely N-dealkylation sites (tertiary alicyclic amines) is 1. The summed E-state index contributed by atoms with van der Waals surface area (Å²) in [6.07, 6.45) is 3.05. The van der Waals surface area contributed by atoms with Gasteiger partial charge in [0.05, 0.1) is 6.61 Å². The number of piperidine rings is 1. The molecule has 0 radical (unpaired) electrons. The monoisotopic (exact) mass is 275 g/mol. The Morgan fingerprint density at radius 2 is 2.25 bits per heavy atom. The Morgan fingerprint density at radius 3 is 3.00 bits per heavy atom. The third-order valence-electron chi connectivity index (χ3n) is 3.83. The molecule has 2 heterocycles. The van der Waals surface area contributed by atoms with Gasteiger partial charge in [0.25, 0.3) is 0 Å². The number of hydrogen-bond donors (Lipinski definition) is 0. The standard InChI is InChI=1S/C16H21NO3/c1-12-5-6-13(9-17-7-3-2-4-16(17)18)15(8-12)20-11-14-10-19-14/h5-6,8,14H,2-4,7,9-11H2,1H3/t14-/m0/s1. The molecule has 2 aliphatic rings. The summed E-state index contributed by atoms with van der Waals surface area (Å²) in [7, 11) is 0. The van der Waals surface area contributed by atoms with E-state index in [4.69, 9.17) is 9.47 Å². The van der Waals surface area contributed by atoms with Crippen LogP contribution >= 0.6 is 0 Å². The molecule has 4 nitrogen and oxygen atoms in total. The Balaban J connectivity index is 1.71. The highest BCUT2D eigenvalue weighted by Gasteiger charge is 2.24. The Hall–Kier alpha value is -1.55. The topological polar surface area (TPSA) is 42.1 Å². The van der Waals surface area contributed by atoms with E-state index in [0.717, 1.165) is 37.3 Å². The van der Waals surface area contributed by atoms with Gasteiger partial charge >= 0.3 is 0 Å². The van der Waals surface area contributed by atoms with Crippen LogP contribution < -0.4 is 4.74 Å². The SMILES string of the molecule is Cc1ccc(CN2CCCCC2=O)c(OC[C@@H]2CO2)c1. The van der Waals surface area contributed by atoms with Crippen molar-refractivity contribution in [3.63, 3.8) is 0 Å². The van der Waals surface area contributed by atoms with Gasteiger partial charge in [-0.05, 0) is 31.4 Å². The fourth-order valence-electron chi connectivity index (χ4n) is 2.51. The Labute approximate surface area is 119 Å². The number of amides is 1. The molecular weight excluding hydrogens is 254 g/mol. The van der Waals surface area contributed by atoms with Crippen LogP contribution in [0.5, 0.6) is 5.75 Å². The quantitative estimate of drug-likeness (QED) is 0.774. The fourth-order valence-corrected chi connectivity index (χ4v) is 2.51. The van der Waals surface area contributed by atoms with E-state index >= 15 is 0 Å². The molecule has 0 unspecified atom stereocenters. The maximum absolute atomic E-state index is 11.9. The summed E-state index contributed by atoms with van der Waals surface area (Å²) in [6, 6.07) is 6.19. The lowest BCUT2D eigenvalue weighted by Crippen LogP contribution is -2.34. The number of nitrogens with zero attached hydrogens (tertiary/aromatic N) is 1. The van der Waals surface area contributed by atoms with Crippen molar-refractivity contribution in [1.29, 1.82) is 0 Å². The molecule has 0 aromatic heterocycles. The highest BCUT2D eigenvalue weighted by molar-refractivity contribution is 5.76. The van der Waals surface area contributed by atoms with Crippen molar-refractivity contribution in [3.8, 4) is 5.75 Å². The number of epoxide rings is 1. The molecule has 1 aromatic rings. The lowest BCUT2D eigenvalue weighted by molar-refractivity contribution is -0.133. The van der Waals surface area contributed by atoms with E-state index in [1.165, 1.54) is 5.56 Å². The number of ether oxygens (including phenoxy) is 2. The zero-order valence-corrected chi connectivity index (χ0v) is 11.9. The zero-order valence-electron chi connectivity index (χ0n) is 11.9. The summed E-state index contributed by atoms with van der Waals surface area (Å²) in [5, 5.41) is 0. The van der Waals surface area contributed by atoms with Crippen molar-refractivity contribution < 1.29 is 14.3 Å². The zero-order chi connectivity index (χ0) is 13.9. The number of benzene rings is 1. The van der Waals surface area contributed by atoms with Crippen LogP contribution in [0.1, 0.15) is 30.4 Å². The molecule has 0 spiro atoms. The van der Waals surface area contributed by atoms with E-state index in [1.54, 1.807) is 0 Å². The van der Waals surface area contributed by atoms with Crippen molar-refractivity contribution in [2.75, 3.05) is 19.8 Å². The number of carbonyl (C=O) groups is 1. The number of rotatable bonds is 5. The van der Waals surface area contributed by atoms with Crippen molar-refractivity contribution in [1.82, 2.24) is 4.90 Å². The van der Waals surface area contributed by atoms with E-state index in [9.17, 15) is 4.79 Å².